The summed E-state index contributed by atoms with van der Waals surface area (Å²) in [5.74, 6) is 1.20. The Morgan fingerprint density at radius 3 is 2.41 bits per heavy atom. The first-order valence-corrected chi connectivity index (χ1v) is 8.26. The number of rotatable bonds is 5. The maximum Gasteiger partial charge on any atom is 0.255 e. The number of para-hydroxylation sites is 1. The lowest BCUT2D eigenvalue weighted by Crippen LogP contribution is -2.12. The second-order valence-corrected chi connectivity index (χ2v) is 5.70. The molecule has 0 saturated heterocycles. The second-order valence-electron chi connectivity index (χ2n) is 5.70. The van der Waals surface area contributed by atoms with Crippen LogP contribution in [-0.4, -0.2) is 26.1 Å². The Morgan fingerprint density at radius 1 is 0.889 bits per heavy atom. The van der Waals surface area contributed by atoms with Crippen LogP contribution < -0.4 is 10.1 Å². The summed E-state index contributed by atoms with van der Waals surface area (Å²) in [6, 6.07) is 23.7. The van der Waals surface area contributed by atoms with Crippen molar-refractivity contribution in [3.05, 3.63) is 90.8 Å². The summed E-state index contributed by atoms with van der Waals surface area (Å²) in [6.07, 6.45) is 1.49. The summed E-state index contributed by atoms with van der Waals surface area (Å²) in [7, 11) is 0. The van der Waals surface area contributed by atoms with Gasteiger partial charge in [0.1, 0.15) is 17.8 Å². The number of hydrogen-bond donors (Lipinski definition) is 1. The number of ether oxygens (including phenoxy) is 1. The Balaban J connectivity index is 1.45. The molecular weight excluding hydrogens is 342 g/mol. The maximum atomic E-state index is 12.5. The van der Waals surface area contributed by atoms with Gasteiger partial charge < -0.3 is 10.1 Å². The highest BCUT2D eigenvalue weighted by molar-refractivity contribution is 6.04. The minimum absolute atomic E-state index is 0.213. The van der Waals surface area contributed by atoms with Crippen molar-refractivity contribution < 1.29 is 9.53 Å². The van der Waals surface area contributed by atoms with Crippen LogP contribution in [0.4, 0.5) is 5.69 Å². The number of nitrogens with one attached hydrogen (secondary N) is 1. The summed E-state index contributed by atoms with van der Waals surface area (Å²) in [5.41, 5.74) is 1.94. The predicted octanol–water partition coefficient (Wildman–Crippen LogP) is 3.71. The Bertz CT molecular complexity index is 1030. The van der Waals surface area contributed by atoms with E-state index in [-0.39, 0.29) is 5.91 Å². The Hall–Kier alpha value is -4.00. The monoisotopic (exact) mass is 357 g/mol. The van der Waals surface area contributed by atoms with Crippen molar-refractivity contribution in [1.29, 1.82) is 0 Å². The number of carbonyl (C=O) groups excluding carboxylic acids is 1. The third kappa shape index (κ3) is 3.98. The maximum absolute atomic E-state index is 12.5. The van der Waals surface area contributed by atoms with Gasteiger partial charge >= 0.3 is 0 Å². The fourth-order valence-electron chi connectivity index (χ4n) is 2.51. The van der Waals surface area contributed by atoms with Crippen molar-refractivity contribution in [1.82, 2.24) is 20.2 Å². The molecule has 0 aliphatic heterocycles. The quantitative estimate of drug-likeness (QED) is 0.589. The normalized spacial score (nSPS) is 10.4. The minimum Gasteiger partial charge on any atom is -0.457 e. The van der Waals surface area contributed by atoms with Gasteiger partial charge in [-0.2, -0.15) is 0 Å². The molecule has 0 aliphatic rings. The van der Waals surface area contributed by atoms with Gasteiger partial charge in [0.25, 0.3) is 5.91 Å². The molecule has 1 N–H and O–H groups in total. The zero-order chi connectivity index (χ0) is 18.5. The summed E-state index contributed by atoms with van der Waals surface area (Å²) in [4.78, 5) is 12.5. The van der Waals surface area contributed by atoms with Gasteiger partial charge in [-0.15, -0.1) is 5.10 Å². The molecule has 0 saturated carbocycles. The van der Waals surface area contributed by atoms with Gasteiger partial charge in [-0.3, -0.25) is 4.79 Å². The number of carbonyl (C=O) groups is 1. The molecule has 0 spiro atoms. The number of benzene rings is 3. The van der Waals surface area contributed by atoms with E-state index in [0.29, 0.717) is 17.0 Å². The molecule has 0 unspecified atom stereocenters. The van der Waals surface area contributed by atoms with Crippen molar-refractivity contribution in [3.63, 3.8) is 0 Å². The third-order valence-corrected chi connectivity index (χ3v) is 3.81. The van der Waals surface area contributed by atoms with Crippen LogP contribution >= 0.6 is 0 Å². The van der Waals surface area contributed by atoms with Crippen molar-refractivity contribution in [2.45, 2.75) is 0 Å². The van der Waals surface area contributed by atoms with E-state index in [0.717, 1.165) is 11.4 Å². The first-order chi connectivity index (χ1) is 13.3. The van der Waals surface area contributed by atoms with E-state index >= 15 is 0 Å². The SMILES string of the molecule is O=C(Nc1cccc(-n2cnnn2)c1)c1ccc(Oc2ccccc2)cc1. The molecule has 7 nitrogen and oxygen atoms in total. The van der Waals surface area contributed by atoms with Crippen molar-refractivity contribution >= 4 is 11.6 Å². The molecule has 7 heteroatoms. The van der Waals surface area contributed by atoms with Gasteiger partial charge in [-0.1, -0.05) is 24.3 Å². The lowest BCUT2D eigenvalue weighted by molar-refractivity contribution is 0.102. The Morgan fingerprint density at radius 2 is 1.67 bits per heavy atom. The molecule has 0 radical (unpaired) electrons. The van der Waals surface area contributed by atoms with E-state index in [2.05, 4.69) is 20.8 Å². The van der Waals surface area contributed by atoms with Gasteiger partial charge in [0.2, 0.25) is 0 Å². The third-order valence-electron chi connectivity index (χ3n) is 3.81. The molecule has 0 fully saturated rings. The number of aromatic nitrogens is 4. The topological polar surface area (TPSA) is 81.9 Å². The fraction of sp³-hybridized carbons (Fsp3) is 0. The van der Waals surface area contributed by atoms with E-state index in [1.165, 1.54) is 11.0 Å². The first kappa shape index (κ1) is 16.5. The molecule has 1 aromatic heterocycles. The molecule has 0 atom stereocenters. The molecule has 1 amide bonds. The zero-order valence-corrected chi connectivity index (χ0v) is 14.2. The molecule has 4 aromatic rings. The molecule has 3 aromatic carbocycles. The highest BCUT2D eigenvalue weighted by Crippen LogP contribution is 2.21. The van der Waals surface area contributed by atoms with E-state index < -0.39 is 0 Å². The minimum atomic E-state index is -0.213. The number of amides is 1. The largest absolute Gasteiger partial charge is 0.457 e. The van der Waals surface area contributed by atoms with Crippen LogP contribution in [0.25, 0.3) is 5.69 Å². The fourth-order valence-corrected chi connectivity index (χ4v) is 2.51. The van der Waals surface area contributed by atoms with Gasteiger partial charge in [0.15, 0.2) is 0 Å². The van der Waals surface area contributed by atoms with Gasteiger partial charge in [0, 0.05) is 11.3 Å². The van der Waals surface area contributed by atoms with Crippen LogP contribution in [0.15, 0.2) is 85.2 Å². The average Bonchev–Trinajstić information content (AvgIpc) is 3.24. The molecule has 132 valence electrons. The summed E-state index contributed by atoms with van der Waals surface area (Å²) in [5, 5.41) is 13.9. The van der Waals surface area contributed by atoms with Gasteiger partial charge in [-0.05, 0) is 65.0 Å². The first-order valence-electron chi connectivity index (χ1n) is 8.26. The molecular formula is C20H15N5O2. The molecule has 0 aliphatic carbocycles. The highest BCUT2D eigenvalue weighted by Gasteiger charge is 2.08. The molecule has 0 bridgehead atoms. The number of anilines is 1. The summed E-state index contributed by atoms with van der Waals surface area (Å²) >= 11 is 0. The lowest BCUT2D eigenvalue weighted by Gasteiger charge is -2.08. The number of hydrogen-bond acceptors (Lipinski definition) is 5. The molecule has 4 rings (SSSR count). The van der Waals surface area contributed by atoms with Crippen molar-refractivity contribution in [2.24, 2.45) is 0 Å². The van der Waals surface area contributed by atoms with Gasteiger partial charge in [0.05, 0.1) is 5.69 Å². The van der Waals surface area contributed by atoms with Crippen molar-refractivity contribution in [2.75, 3.05) is 5.32 Å². The van der Waals surface area contributed by atoms with Gasteiger partial charge in [-0.25, -0.2) is 4.68 Å². The van der Waals surface area contributed by atoms with E-state index in [9.17, 15) is 4.79 Å². The Kier molecular flexibility index (Phi) is 4.57. The average molecular weight is 357 g/mol. The zero-order valence-electron chi connectivity index (χ0n) is 14.2. The van der Waals surface area contributed by atoms with E-state index in [1.54, 1.807) is 36.4 Å². The van der Waals surface area contributed by atoms with Crippen LogP contribution in [-0.2, 0) is 0 Å². The highest BCUT2D eigenvalue weighted by atomic mass is 16.5. The van der Waals surface area contributed by atoms with Crippen molar-refractivity contribution in [3.8, 4) is 17.2 Å². The molecule has 27 heavy (non-hydrogen) atoms. The van der Waals surface area contributed by atoms with Crippen LogP contribution in [0.2, 0.25) is 0 Å². The summed E-state index contributed by atoms with van der Waals surface area (Å²) < 4.78 is 7.25. The standard InChI is InChI=1S/C20H15N5O2/c26-20(22-16-5-4-6-17(13-16)25-14-21-23-24-25)15-9-11-19(12-10-15)27-18-7-2-1-3-8-18/h1-14H,(H,22,26). The van der Waals surface area contributed by atoms with Crippen LogP contribution in [0, 0.1) is 0 Å². The second kappa shape index (κ2) is 7.49. The predicted molar refractivity (Wildman–Crippen MR) is 100 cm³/mol. The molecule has 1 heterocycles. The smallest absolute Gasteiger partial charge is 0.255 e. The summed E-state index contributed by atoms with van der Waals surface area (Å²) in [6.45, 7) is 0. The van der Waals surface area contributed by atoms with E-state index in [4.69, 9.17) is 4.74 Å². The van der Waals surface area contributed by atoms with Crippen LogP contribution in [0.5, 0.6) is 11.5 Å². The number of nitrogens with zero attached hydrogens (tertiary/aromatic N) is 4. The number of tetrazole rings is 1. The Labute approximate surface area is 155 Å². The lowest BCUT2D eigenvalue weighted by atomic mass is 10.2. The van der Waals surface area contributed by atoms with Crippen LogP contribution in [0.3, 0.4) is 0 Å². The van der Waals surface area contributed by atoms with E-state index in [1.807, 2.05) is 42.5 Å². The van der Waals surface area contributed by atoms with Crippen LogP contribution in [0.1, 0.15) is 10.4 Å².